The minimum Gasteiger partial charge on any atom is -0.397 e. The predicted octanol–water partition coefficient (Wildman–Crippen LogP) is 3.30. The van der Waals surface area contributed by atoms with Crippen LogP contribution in [0.4, 0.5) is 11.4 Å². The second-order valence-electron chi connectivity index (χ2n) is 5.83. The third-order valence-electron chi connectivity index (χ3n) is 4.71. The predicted molar refractivity (Wildman–Crippen MR) is 77.9 cm³/mol. The van der Waals surface area contributed by atoms with E-state index in [0.717, 1.165) is 23.8 Å². The molecule has 2 aliphatic rings. The van der Waals surface area contributed by atoms with Crippen LogP contribution in [0, 0.1) is 17.2 Å². The molecule has 1 heterocycles. The van der Waals surface area contributed by atoms with E-state index >= 15 is 0 Å². The van der Waals surface area contributed by atoms with E-state index < -0.39 is 0 Å². The quantitative estimate of drug-likeness (QED) is 0.783. The highest BCUT2D eigenvalue weighted by Crippen LogP contribution is 2.39. The lowest BCUT2D eigenvalue weighted by Crippen LogP contribution is -2.47. The van der Waals surface area contributed by atoms with Crippen molar-refractivity contribution in [1.82, 2.24) is 0 Å². The van der Waals surface area contributed by atoms with Gasteiger partial charge in [-0.15, -0.1) is 0 Å². The first-order valence-corrected chi connectivity index (χ1v) is 7.36. The van der Waals surface area contributed by atoms with Gasteiger partial charge in [0.1, 0.15) is 0 Å². The first-order valence-electron chi connectivity index (χ1n) is 7.36. The molecule has 0 aromatic heterocycles. The van der Waals surface area contributed by atoms with Crippen molar-refractivity contribution in [2.75, 3.05) is 17.2 Å². The van der Waals surface area contributed by atoms with Crippen LogP contribution in [0.25, 0.3) is 0 Å². The average molecular weight is 255 g/mol. The molecular weight excluding hydrogens is 234 g/mol. The van der Waals surface area contributed by atoms with Crippen molar-refractivity contribution in [2.45, 2.75) is 44.6 Å². The Morgan fingerprint density at radius 2 is 1.95 bits per heavy atom. The van der Waals surface area contributed by atoms with E-state index in [2.05, 4.69) is 11.0 Å². The standard InChI is InChI=1S/C16H21N3/c17-11-12-7-8-14(18)16(10-12)19-9-3-5-13-4-1-2-6-15(13)19/h7-8,10,13,15H,1-6,9,18H2/t13-,15-/m1/s1. The third kappa shape index (κ3) is 2.28. The zero-order chi connectivity index (χ0) is 13.2. The number of piperidine rings is 1. The molecule has 1 aliphatic heterocycles. The van der Waals surface area contributed by atoms with Crippen molar-refractivity contribution in [3.8, 4) is 6.07 Å². The van der Waals surface area contributed by atoms with Crippen LogP contribution in [0.5, 0.6) is 0 Å². The second-order valence-corrected chi connectivity index (χ2v) is 5.83. The molecule has 1 aromatic rings. The van der Waals surface area contributed by atoms with Crippen LogP contribution in [0.2, 0.25) is 0 Å². The molecule has 1 aromatic carbocycles. The van der Waals surface area contributed by atoms with Gasteiger partial charge in [-0.1, -0.05) is 12.8 Å². The molecule has 3 rings (SSSR count). The normalized spacial score (nSPS) is 26.6. The summed E-state index contributed by atoms with van der Waals surface area (Å²) in [5.74, 6) is 0.827. The highest BCUT2D eigenvalue weighted by molar-refractivity contribution is 5.70. The van der Waals surface area contributed by atoms with E-state index in [0.29, 0.717) is 11.6 Å². The molecule has 1 saturated carbocycles. The van der Waals surface area contributed by atoms with Crippen molar-refractivity contribution in [3.63, 3.8) is 0 Å². The number of hydrogen-bond acceptors (Lipinski definition) is 3. The Labute approximate surface area is 115 Å². The monoisotopic (exact) mass is 255 g/mol. The zero-order valence-electron chi connectivity index (χ0n) is 11.3. The number of rotatable bonds is 1. The topological polar surface area (TPSA) is 53.1 Å². The van der Waals surface area contributed by atoms with Crippen LogP contribution in [0.1, 0.15) is 44.1 Å². The van der Waals surface area contributed by atoms with Crippen molar-refractivity contribution < 1.29 is 0 Å². The molecule has 3 nitrogen and oxygen atoms in total. The lowest BCUT2D eigenvalue weighted by molar-refractivity contribution is 0.244. The Hall–Kier alpha value is -1.69. The molecule has 0 bridgehead atoms. The minimum absolute atomic E-state index is 0.638. The Morgan fingerprint density at radius 3 is 2.79 bits per heavy atom. The van der Waals surface area contributed by atoms with Crippen LogP contribution < -0.4 is 10.6 Å². The smallest absolute Gasteiger partial charge is 0.0992 e. The van der Waals surface area contributed by atoms with E-state index in [1.807, 2.05) is 12.1 Å². The van der Waals surface area contributed by atoms with E-state index in [4.69, 9.17) is 11.0 Å². The summed E-state index contributed by atoms with van der Waals surface area (Å²) in [7, 11) is 0. The molecule has 2 atom stereocenters. The van der Waals surface area contributed by atoms with Crippen LogP contribution in [0.15, 0.2) is 18.2 Å². The van der Waals surface area contributed by atoms with Crippen LogP contribution in [0.3, 0.4) is 0 Å². The van der Waals surface area contributed by atoms with Gasteiger partial charge in [-0.3, -0.25) is 0 Å². The fourth-order valence-corrected chi connectivity index (χ4v) is 3.79. The van der Waals surface area contributed by atoms with E-state index in [-0.39, 0.29) is 0 Å². The largest absolute Gasteiger partial charge is 0.397 e. The summed E-state index contributed by atoms with van der Waals surface area (Å²) in [5, 5.41) is 9.07. The van der Waals surface area contributed by atoms with Gasteiger partial charge in [-0.2, -0.15) is 5.26 Å². The second kappa shape index (κ2) is 5.13. The number of nitrogens with zero attached hydrogens (tertiary/aromatic N) is 2. The van der Waals surface area contributed by atoms with Gasteiger partial charge in [0.05, 0.1) is 23.0 Å². The molecule has 3 heteroatoms. The molecule has 0 radical (unpaired) electrons. The SMILES string of the molecule is N#Cc1ccc(N)c(N2CCC[C@H]3CCCC[C@H]32)c1. The van der Waals surface area contributed by atoms with Crippen molar-refractivity contribution in [2.24, 2.45) is 5.92 Å². The molecule has 19 heavy (non-hydrogen) atoms. The van der Waals surface area contributed by atoms with Gasteiger partial charge in [0.2, 0.25) is 0 Å². The Bertz CT molecular complexity index is 501. The highest BCUT2D eigenvalue weighted by atomic mass is 15.2. The number of benzene rings is 1. The maximum absolute atomic E-state index is 9.07. The number of nitrogen functional groups attached to an aromatic ring is 1. The number of nitriles is 1. The Morgan fingerprint density at radius 1 is 1.16 bits per heavy atom. The fraction of sp³-hybridized carbons (Fsp3) is 0.562. The van der Waals surface area contributed by atoms with Crippen LogP contribution in [-0.2, 0) is 0 Å². The van der Waals surface area contributed by atoms with Gasteiger partial charge in [0, 0.05) is 12.6 Å². The fourth-order valence-electron chi connectivity index (χ4n) is 3.79. The molecule has 2 N–H and O–H groups in total. The lowest BCUT2D eigenvalue weighted by atomic mass is 9.78. The first kappa shape index (κ1) is 12.3. The summed E-state index contributed by atoms with van der Waals surface area (Å²) in [6, 6.07) is 8.51. The van der Waals surface area contributed by atoms with Crippen LogP contribution in [-0.4, -0.2) is 12.6 Å². The number of fused-ring (bicyclic) bond motifs is 1. The molecule has 100 valence electrons. The van der Waals surface area contributed by atoms with Crippen LogP contribution >= 0.6 is 0 Å². The molecule has 0 amide bonds. The summed E-state index contributed by atoms with van der Waals surface area (Å²) in [4.78, 5) is 2.48. The Kier molecular flexibility index (Phi) is 3.33. The van der Waals surface area contributed by atoms with E-state index in [1.54, 1.807) is 6.07 Å². The molecule has 2 fully saturated rings. The third-order valence-corrected chi connectivity index (χ3v) is 4.71. The van der Waals surface area contributed by atoms with Gasteiger partial charge >= 0.3 is 0 Å². The van der Waals surface area contributed by atoms with Crippen molar-refractivity contribution >= 4 is 11.4 Å². The maximum Gasteiger partial charge on any atom is 0.0992 e. The molecule has 0 spiro atoms. The summed E-state index contributed by atoms with van der Waals surface area (Å²) in [5.41, 5.74) is 8.75. The minimum atomic E-state index is 0.638. The van der Waals surface area contributed by atoms with Gasteiger partial charge in [0.15, 0.2) is 0 Å². The van der Waals surface area contributed by atoms with Crippen molar-refractivity contribution in [1.29, 1.82) is 5.26 Å². The maximum atomic E-state index is 9.07. The van der Waals surface area contributed by atoms with Gasteiger partial charge in [-0.25, -0.2) is 0 Å². The summed E-state index contributed by atoms with van der Waals surface area (Å²) in [6.07, 6.45) is 7.95. The molecule has 1 saturated heterocycles. The van der Waals surface area contributed by atoms with Gasteiger partial charge in [-0.05, 0) is 49.8 Å². The summed E-state index contributed by atoms with van der Waals surface area (Å²) < 4.78 is 0. The van der Waals surface area contributed by atoms with E-state index in [9.17, 15) is 0 Å². The van der Waals surface area contributed by atoms with E-state index in [1.165, 1.54) is 38.5 Å². The van der Waals surface area contributed by atoms with Crippen molar-refractivity contribution in [3.05, 3.63) is 23.8 Å². The zero-order valence-corrected chi connectivity index (χ0v) is 11.3. The Balaban J connectivity index is 1.93. The first-order chi connectivity index (χ1) is 9.29. The number of anilines is 2. The highest BCUT2D eigenvalue weighted by Gasteiger charge is 2.33. The number of nitrogens with two attached hydrogens (primary N) is 1. The molecule has 1 aliphatic carbocycles. The average Bonchev–Trinajstić information content (AvgIpc) is 2.47. The molecule has 0 unspecified atom stereocenters. The number of hydrogen-bond donors (Lipinski definition) is 1. The van der Waals surface area contributed by atoms with Gasteiger partial charge < -0.3 is 10.6 Å². The summed E-state index contributed by atoms with van der Waals surface area (Å²) >= 11 is 0. The summed E-state index contributed by atoms with van der Waals surface area (Å²) in [6.45, 7) is 1.08. The molecular formula is C16H21N3. The lowest BCUT2D eigenvalue weighted by Gasteiger charge is -2.45. The van der Waals surface area contributed by atoms with Gasteiger partial charge in [0.25, 0.3) is 0 Å².